The average molecular weight is 398 g/mol. The Bertz CT molecular complexity index is 1210. The van der Waals surface area contributed by atoms with Crippen LogP contribution in [0.4, 0.5) is 0 Å². The molecule has 0 unspecified atom stereocenters. The number of hydrogen-bond acceptors (Lipinski definition) is 8. The zero-order valence-corrected chi connectivity index (χ0v) is 16.0. The summed E-state index contributed by atoms with van der Waals surface area (Å²) in [5.74, 6) is 0.621. The van der Waals surface area contributed by atoms with Crippen LogP contribution in [-0.2, 0) is 14.3 Å². The summed E-state index contributed by atoms with van der Waals surface area (Å²) in [7, 11) is 2.98. The van der Waals surface area contributed by atoms with E-state index >= 15 is 0 Å². The quantitative estimate of drug-likeness (QED) is 0.491. The van der Waals surface area contributed by atoms with Gasteiger partial charge in [0.25, 0.3) is 0 Å². The first kappa shape index (κ1) is 17.8. The van der Waals surface area contributed by atoms with Gasteiger partial charge in [0, 0.05) is 25.0 Å². The molecular formula is C21H18O8. The van der Waals surface area contributed by atoms with Gasteiger partial charge in [-0.05, 0) is 12.1 Å². The average Bonchev–Trinajstić information content (AvgIpc) is 3.22. The molecule has 0 N–H and O–H groups in total. The van der Waals surface area contributed by atoms with Crippen LogP contribution < -0.4 is 19.6 Å². The highest BCUT2D eigenvalue weighted by Gasteiger charge is 2.47. The lowest BCUT2D eigenvalue weighted by Crippen LogP contribution is -2.19. The van der Waals surface area contributed by atoms with Gasteiger partial charge < -0.3 is 28.1 Å². The molecule has 3 atom stereocenters. The van der Waals surface area contributed by atoms with Crippen LogP contribution in [0.5, 0.6) is 17.2 Å². The molecule has 1 fully saturated rings. The van der Waals surface area contributed by atoms with E-state index in [0.29, 0.717) is 51.2 Å². The zero-order valence-electron chi connectivity index (χ0n) is 16.0. The van der Waals surface area contributed by atoms with Gasteiger partial charge in [0.1, 0.15) is 39.2 Å². The van der Waals surface area contributed by atoms with E-state index in [1.807, 2.05) is 0 Å². The fraction of sp³-hybridized carbons (Fsp3) is 0.333. The summed E-state index contributed by atoms with van der Waals surface area (Å²) in [6.07, 6.45) is -0.936. The first-order chi connectivity index (χ1) is 14.0. The fourth-order valence-corrected chi connectivity index (χ4v) is 4.15. The van der Waals surface area contributed by atoms with Crippen molar-refractivity contribution in [3.63, 3.8) is 0 Å². The van der Waals surface area contributed by atoms with Crippen LogP contribution in [0.1, 0.15) is 24.8 Å². The van der Waals surface area contributed by atoms with Crippen molar-refractivity contribution in [2.45, 2.75) is 31.8 Å². The molecule has 0 saturated carbocycles. The van der Waals surface area contributed by atoms with E-state index in [4.69, 9.17) is 28.1 Å². The molecule has 150 valence electrons. The molecule has 29 heavy (non-hydrogen) atoms. The summed E-state index contributed by atoms with van der Waals surface area (Å²) in [5, 5.41) is 0.653. The summed E-state index contributed by atoms with van der Waals surface area (Å²) in [4.78, 5) is 24.7. The van der Waals surface area contributed by atoms with E-state index in [1.165, 1.54) is 21.1 Å². The lowest BCUT2D eigenvalue weighted by atomic mass is 9.95. The molecule has 1 saturated heterocycles. The molecule has 2 aliphatic rings. The van der Waals surface area contributed by atoms with Crippen molar-refractivity contribution in [1.29, 1.82) is 0 Å². The van der Waals surface area contributed by atoms with Crippen LogP contribution in [0.15, 0.2) is 33.5 Å². The van der Waals surface area contributed by atoms with Gasteiger partial charge in [-0.1, -0.05) is 6.07 Å². The van der Waals surface area contributed by atoms with Gasteiger partial charge in [0.05, 0.1) is 20.1 Å². The number of carbonyl (C=O) groups is 1. The fourth-order valence-electron chi connectivity index (χ4n) is 4.15. The standard InChI is InChI=1S/C21H18O8/c1-9(22)26-15-7-10-16-14(28-21(10)29-15)8-13(25-3)18-19(23)17-11(24-2)5-4-6-12(17)27-20(16)18/h4-6,8,10,15,21H,7H2,1-3H3/t10-,15+,21-/m0/s1. The van der Waals surface area contributed by atoms with Crippen LogP contribution in [0.25, 0.3) is 21.9 Å². The third kappa shape index (κ3) is 2.56. The molecule has 0 amide bonds. The second-order valence-corrected chi connectivity index (χ2v) is 6.96. The van der Waals surface area contributed by atoms with Crippen molar-refractivity contribution in [2.75, 3.05) is 14.2 Å². The van der Waals surface area contributed by atoms with Gasteiger partial charge in [0.15, 0.2) is 0 Å². The Labute approximate surface area is 164 Å². The Morgan fingerprint density at radius 2 is 1.93 bits per heavy atom. The Morgan fingerprint density at radius 3 is 2.66 bits per heavy atom. The number of methoxy groups -OCH3 is 2. The molecule has 0 bridgehead atoms. The first-order valence-corrected chi connectivity index (χ1v) is 9.15. The molecule has 8 heteroatoms. The SMILES string of the molecule is COc1cccc2oc3c4c(cc(OC)c3c(=O)c12)O[C@H]1O[C@@H](OC(C)=O)C[C@@H]41. The molecule has 5 rings (SSSR count). The Hall–Kier alpha value is -3.26. The molecule has 2 aliphatic heterocycles. The molecule has 8 nitrogen and oxygen atoms in total. The third-order valence-corrected chi connectivity index (χ3v) is 5.31. The topological polar surface area (TPSA) is 93.4 Å². The van der Waals surface area contributed by atoms with Crippen LogP contribution in [0.2, 0.25) is 0 Å². The first-order valence-electron chi connectivity index (χ1n) is 9.15. The number of rotatable bonds is 3. The molecule has 1 aromatic heterocycles. The van der Waals surface area contributed by atoms with Crippen molar-refractivity contribution in [2.24, 2.45) is 0 Å². The highest BCUT2D eigenvalue weighted by molar-refractivity contribution is 5.98. The predicted molar refractivity (Wildman–Crippen MR) is 102 cm³/mol. The highest BCUT2D eigenvalue weighted by Crippen LogP contribution is 2.51. The normalized spacial score (nSPS) is 22.2. The highest BCUT2D eigenvalue weighted by atomic mass is 16.8. The van der Waals surface area contributed by atoms with E-state index in [0.717, 1.165) is 0 Å². The summed E-state index contributed by atoms with van der Waals surface area (Å²) < 4.78 is 33.8. The van der Waals surface area contributed by atoms with E-state index in [9.17, 15) is 9.59 Å². The Morgan fingerprint density at radius 1 is 1.14 bits per heavy atom. The van der Waals surface area contributed by atoms with Crippen LogP contribution in [0.3, 0.4) is 0 Å². The maximum atomic E-state index is 13.4. The van der Waals surface area contributed by atoms with Gasteiger partial charge >= 0.3 is 5.97 Å². The van der Waals surface area contributed by atoms with Crippen molar-refractivity contribution >= 4 is 27.9 Å². The van der Waals surface area contributed by atoms with Gasteiger partial charge in [0.2, 0.25) is 18.0 Å². The van der Waals surface area contributed by atoms with E-state index in [2.05, 4.69) is 0 Å². The molecule has 2 aromatic carbocycles. The number of benzene rings is 2. The van der Waals surface area contributed by atoms with Crippen molar-refractivity contribution in [3.05, 3.63) is 40.1 Å². The zero-order chi connectivity index (χ0) is 20.3. The van der Waals surface area contributed by atoms with Crippen molar-refractivity contribution in [3.8, 4) is 17.2 Å². The summed E-state index contributed by atoms with van der Waals surface area (Å²) in [6, 6.07) is 6.84. The number of hydrogen-bond donors (Lipinski definition) is 0. The number of carbonyl (C=O) groups excluding carboxylic acids is 1. The summed E-state index contributed by atoms with van der Waals surface area (Å²) >= 11 is 0. The number of fused-ring (bicyclic) bond motifs is 6. The molecule has 3 heterocycles. The lowest BCUT2D eigenvalue weighted by Gasteiger charge is -2.14. The lowest BCUT2D eigenvalue weighted by molar-refractivity contribution is -0.188. The predicted octanol–water partition coefficient (Wildman–Crippen LogP) is 3.08. The van der Waals surface area contributed by atoms with Gasteiger partial charge in [-0.25, -0.2) is 0 Å². The van der Waals surface area contributed by atoms with Crippen molar-refractivity contribution in [1.82, 2.24) is 0 Å². The molecule has 0 aliphatic carbocycles. The van der Waals surface area contributed by atoms with E-state index in [1.54, 1.807) is 24.3 Å². The monoisotopic (exact) mass is 398 g/mol. The molecular weight excluding hydrogens is 380 g/mol. The van der Waals surface area contributed by atoms with Gasteiger partial charge in [-0.15, -0.1) is 0 Å². The molecule has 0 radical (unpaired) electrons. The Kier molecular flexibility index (Phi) is 3.92. The van der Waals surface area contributed by atoms with E-state index in [-0.39, 0.29) is 11.3 Å². The number of esters is 1. The largest absolute Gasteiger partial charge is 0.496 e. The van der Waals surface area contributed by atoms with E-state index < -0.39 is 18.5 Å². The minimum atomic E-state index is -0.708. The Balaban J connectivity index is 1.77. The van der Waals surface area contributed by atoms with Gasteiger partial charge in [-0.3, -0.25) is 9.59 Å². The van der Waals surface area contributed by atoms with Crippen LogP contribution >= 0.6 is 0 Å². The summed E-state index contributed by atoms with van der Waals surface area (Å²) in [5.41, 5.74) is 1.24. The molecule has 3 aromatic rings. The maximum absolute atomic E-state index is 13.4. The smallest absolute Gasteiger partial charge is 0.304 e. The second kappa shape index (κ2) is 6.38. The van der Waals surface area contributed by atoms with Crippen LogP contribution in [0, 0.1) is 0 Å². The minimum absolute atomic E-state index is 0.242. The third-order valence-electron chi connectivity index (χ3n) is 5.31. The van der Waals surface area contributed by atoms with Crippen LogP contribution in [-0.4, -0.2) is 32.8 Å². The van der Waals surface area contributed by atoms with Crippen molar-refractivity contribution < 1.29 is 32.9 Å². The molecule has 0 spiro atoms. The van der Waals surface area contributed by atoms with Gasteiger partial charge in [-0.2, -0.15) is 0 Å². The second-order valence-electron chi connectivity index (χ2n) is 6.96. The summed E-state index contributed by atoms with van der Waals surface area (Å²) in [6.45, 7) is 1.32. The number of ether oxygens (including phenoxy) is 5. The minimum Gasteiger partial charge on any atom is -0.496 e. The maximum Gasteiger partial charge on any atom is 0.304 e.